The third kappa shape index (κ3) is 4.23. The molecule has 1 aromatic rings. The van der Waals surface area contributed by atoms with Crippen LogP contribution < -0.4 is 9.47 Å². The fourth-order valence-corrected chi connectivity index (χ4v) is 2.17. The van der Waals surface area contributed by atoms with Gasteiger partial charge in [-0.1, -0.05) is 6.92 Å². The fraction of sp³-hybridized carbons (Fsp3) is 0.562. The monoisotopic (exact) mass is 278 g/mol. The Bertz CT molecular complexity index is 424. The molecule has 0 bridgehead atoms. The number of ether oxygens (including phenoxy) is 3. The molecule has 1 unspecified atom stereocenters. The zero-order chi connectivity index (χ0) is 14.2. The van der Waals surface area contributed by atoms with Crippen LogP contribution in [0.25, 0.3) is 0 Å². The number of aldehydes is 1. The first kappa shape index (κ1) is 14.9. The normalized spacial score (nSPS) is 18.6. The van der Waals surface area contributed by atoms with E-state index in [4.69, 9.17) is 14.2 Å². The highest BCUT2D eigenvalue weighted by molar-refractivity contribution is 5.79. The van der Waals surface area contributed by atoms with E-state index >= 15 is 0 Å². The van der Waals surface area contributed by atoms with Gasteiger partial charge in [-0.15, -0.1) is 0 Å². The van der Waals surface area contributed by atoms with Crippen LogP contribution in [0.5, 0.6) is 11.5 Å². The van der Waals surface area contributed by atoms with Gasteiger partial charge in [0, 0.05) is 12.7 Å². The highest BCUT2D eigenvalue weighted by atomic mass is 16.5. The van der Waals surface area contributed by atoms with Gasteiger partial charge in [0.2, 0.25) is 0 Å². The zero-order valence-corrected chi connectivity index (χ0v) is 12.0. The van der Waals surface area contributed by atoms with Crippen molar-refractivity contribution >= 4 is 6.29 Å². The van der Waals surface area contributed by atoms with E-state index in [1.807, 2.05) is 0 Å². The quantitative estimate of drug-likeness (QED) is 0.718. The molecule has 1 heterocycles. The number of benzene rings is 1. The standard InChI is InChI=1S/C16H22O4/c1-2-8-18-14-7-6-13(11-17)16(10-14)20-12-15-5-3-4-9-19-15/h6-7,10-11,15H,2-5,8-9,12H2,1H3. The Morgan fingerprint density at radius 3 is 2.95 bits per heavy atom. The predicted molar refractivity (Wildman–Crippen MR) is 76.7 cm³/mol. The predicted octanol–water partition coefficient (Wildman–Crippen LogP) is 3.24. The molecule has 0 aromatic heterocycles. The zero-order valence-electron chi connectivity index (χ0n) is 12.0. The van der Waals surface area contributed by atoms with Gasteiger partial charge >= 0.3 is 0 Å². The Balaban J connectivity index is 1.97. The Morgan fingerprint density at radius 1 is 1.35 bits per heavy atom. The molecule has 1 fully saturated rings. The number of carbonyl (C=O) groups is 1. The smallest absolute Gasteiger partial charge is 0.153 e. The average Bonchev–Trinajstić information content (AvgIpc) is 2.52. The number of hydrogen-bond donors (Lipinski definition) is 0. The summed E-state index contributed by atoms with van der Waals surface area (Å²) in [6, 6.07) is 5.31. The summed E-state index contributed by atoms with van der Waals surface area (Å²) in [7, 11) is 0. The van der Waals surface area contributed by atoms with Crippen LogP contribution in [0.4, 0.5) is 0 Å². The van der Waals surface area contributed by atoms with E-state index in [9.17, 15) is 4.79 Å². The number of rotatable bonds is 7. The van der Waals surface area contributed by atoms with Gasteiger partial charge in [-0.2, -0.15) is 0 Å². The number of hydrogen-bond acceptors (Lipinski definition) is 4. The minimum atomic E-state index is 0.128. The van der Waals surface area contributed by atoms with Crippen LogP contribution in [-0.2, 0) is 4.74 Å². The first-order valence-corrected chi connectivity index (χ1v) is 7.30. The average molecular weight is 278 g/mol. The summed E-state index contributed by atoms with van der Waals surface area (Å²) in [6.07, 6.45) is 5.19. The van der Waals surface area contributed by atoms with Gasteiger partial charge in [0.25, 0.3) is 0 Å². The molecule has 0 N–H and O–H groups in total. The summed E-state index contributed by atoms with van der Waals surface area (Å²) >= 11 is 0. The summed E-state index contributed by atoms with van der Waals surface area (Å²) in [5, 5.41) is 0. The summed E-state index contributed by atoms with van der Waals surface area (Å²) in [5.41, 5.74) is 0.546. The van der Waals surface area contributed by atoms with Crippen molar-refractivity contribution in [3.8, 4) is 11.5 Å². The molecule has 0 saturated carbocycles. The van der Waals surface area contributed by atoms with Crippen molar-refractivity contribution < 1.29 is 19.0 Å². The van der Waals surface area contributed by atoms with Crippen LogP contribution in [0.1, 0.15) is 43.0 Å². The van der Waals surface area contributed by atoms with E-state index in [0.29, 0.717) is 24.5 Å². The third-order valence-electron chi connectivity index (χ3n) is 3.28. The Hall–Kier alpha value is -1.55. The third-order valence-corrected chi connectivity index (χ3v) is 3.28. The maximum Gasteiger partial charge on any atom is 0.153 e. The molecule has 4 heteroatoms. The summed E-state index contributed by atoms with van der Waals surface area (Å²) in [4.78, 5) is 11.1. The van der Waals surface area contributed by atoms with Crippen molar-refractivity contribution in [2.24, 2.45) is 0 Å². The van der Waals surface area contributed by atoms with Crippen molar-refractivity contribution in [2.75, 3.05) is 19.8 Å². The molecule has 0 aliphatic carbocycles. The van der Waals surface area contributed by atoms with Crippen LogP contribution >= 0.6 is 0 Å². The maximum absolute atomic E-state index is 11.1. The summed E-state index contributed by atoms with van der Waals surface area (Å²) in [5.74, 6) is 1.31. The maximum atomic E-state index is 11.1. The Labute approximate surface area is 120 Å². The van der Waals surface area contributed by atoms with Gasteiger partial charge in [-0.05, 0) is 37.8 Å². The number of carbonyl (C=O) groups excluding carboxylic acids is 1. The molecule has 4 nitrogen and oxygen atoms in total. The van der Waals surface area contributed by atoms with Crippen LogP contribution in [0.15, 0.2) is 18.2 Å². The minimum absolute atomic E-state index is 0.128. The van der Waals surface area contributed by atoms with Crippen molar-refractivity contribution in [3.63, 3.8) is 0 Å². The molecule has 2 rings (SSSR count). The molecular formula is C16H22O4. The van der Waals surface area contributed by atoms with Crippen molar-refractivity contribution in [3.05, 3.63) is 23.8 Å². The lowest BCUT2D eigenvalue weighted by Crippen LogP contribution is -2.26. The van der Waals surface area contributed by atoms with E-state index < -0.39 is 0 Å². The molecule has 1 aromatic carbocycles. The summed E-state index contributed by atoms with van der Waals surface area (Å²) in [6.45, 7) is 4.00. The van der Waals surface area contributed by atoms with Crippen LogP contribution in [0.2, 0.25) is 0 Å². The lowest BCUT2D eigenvalue weighted by atomic mass is 10.1. The van der Waals surface area contributed by atoms with Crippen LogP contribution in [0.3, 0.4) is 0 Å². The van der Waals surface area contributed by atoms with E-state index in [2.05, 4.69) is 6.92 Å². The Morgan fingerprint density at radius 2 is 2.25 bits per heavy atom. The molecule has 1 aliphatic rings. The van der Waals surface area contributed by atoms with Crippen molar-refractivity contribution in [1.29, 1.82) is 0 Å². The Kier molecular flexibility index (Phi) is 5.87. The summed E-state index contributed by atoms with van der Waals surface area (Å²) < 4.78 is 16.9. The van der Waals surface area contributed by atoms with Crippen LogP contribution in [-0.4, -0.2) is 32.2 Å². The van der Waals surface area contributed by atoms with E-state index in [0.717, 1.165) is 37.9 Å². The molecule has 1 aliphatic heterocycles. The molecule has 1 saturated heterocycles. The molecule has 0 radical (unpaired) electrons. The molecule has 110 valence electrons. The minimum Gasteiger partial charge on any atom is -0.493 e. The second-order valence-corrected chi connectivity index (χ2v) is 4.97. The van der Waals surface area contributed by atoms with Gasteiger partial charge in [0.1, 0.15) is 18.1 Å². The molecule has 20 heavy (non-hydrogen) atoms. The van der Waals surface area contributed by atoms with Gasteiger partial charge in [-0.3, -0.25) is 4.79 Å². The molecule has 0 amide bonds. The molecular weight excluding hydrogens is 256 g/mol. The fourth-order valence-electron chi connectivity index (χ4n) is 2.17. The van der Waals surface area contributed by atoms with E-state index in [-0.39, 0.29) is 6.10 Å². The first-order chi connectivity index (χ1) is 9.83. The highest BCUT2D eigenvalue weighted by Crippen LogP contribution is 2.25. The van der Waals surface area contributed by atoms with E-state index in [1.165, 1.54) is 6.42 Å². The SMILES string of the molecule is CCCOc1ccc(C=O)c(OCC2CCCCO2)c1. The first-order valence-electron chi connectivity index (χ1n) is 7.30. The van der Waals surface area contributed by atoms with E-state index in [1.54, 1.807) is 18.2 Å². The molecule has 0 spiro atoms. The topological polar surface area (TPSA) is 44.8 Å². The van der Waals surface area contributed by atoms with Crippen molar-refractivity contribution in [1.82, 2.24) is 0 Å². The van der Waals surface area contributed by atoms with Gasteiger partial charge < -0.3 is 14.2 Å². The van der Waals surface area contributed by atoms with Gasteiger partial charge in [0.05, 0.1) is 18.3 Å². The van der Waals surface area contributed by atoms with Gasteiger partial charge in [-0.25, -0.2) is 0 Å². The van der Waals surface area contributed by atoms with Crippen molar-refractivity contribution in [2.45, 2.75) is 38.7 Å². The lowest BCUT2D eigenvalue weighted by molar-refractivity contribution is -0.0112. The second-order valence-electron chi connectivity index (χ2n) is 4.97. The second kappa shape index (κ2) is 7.90. The van der Waals surface area contributed by atoms with Crippen LogP contribution in [0, 0.1) is 0 Å². The highest BCUT2D eigenvalue weighted by Gasteiger charge is 2.15. The largest absolute Gasteiger partial charge is 0.493 e. The lowest BCUT2D eigenvalue weighted by Gasteiger charge is -2.23. The van der Waals surface area contributed by atoms with Gasteiger partial charge in [0.15, 0.2) is 6.29 Å². The molecule has 1 atom stereocenters.